The van der Waals surface area contributed by atoms with Crippen molar-refractivity contribution in [3.8, 4) is 0 Å². The molecule has 0 saturated carbocycles. The first-order chi connectivity index (χ1) is 17.3. The van der Waals surface area contributed by atoms with Gasteiger partial charge in [0.05, 0.1) is 25.3 Å². The van der Waals surface area contributed by atoms with E-state index in [1.807, 2.05) is 30.3 Å². The first-order valence-electron chi connectivity index (χ1n) is 13.1. The number of para-hydroxylation sites is 1. The summed E-state index contributed by atoms with van der Waals surface area (Å²) >= 11 is 0. The number of aliphatic carboxylic acids is 1. The Morgan fingerprint density at radius 2 is 1.37 bits per heavy atom. The Labute approximate surface area is 275 Å². The normalized spacial score (nSPS) is 11.6. The van der Waals surface area contributed by atoms with Crippen LogP contribution in [-0.2, 0) is 29.3 Å². The Balaban J connectivity index is -0.00000162. The van der Waals surface area contributed by atoms with Crippen molar-refractivity contribution in [2.45, 2.75) is 95.6 Å². The van der Waals surface area contributed by atoms with E-state index >= 15 is 0 Å². The summed E-state index contributed by atoms with van der Waals surface area (Å²) in [5, 5.41) is 8.19. The molecule has 1 rings (SSSR count). The average molecular weight is 578 g/mol. The second-order valence-electron chi connectivity index (χ2n) is 8.93. The van der Waals surface area contributed by atoms with E-state index in [-0.39, 0.29) is 75.1 Å². The van der Waals surface area contributed by atoms with Gasteiger partial charge in [0.25, 0.3) is 10.1 Å². The van der Waals surface area contributed by atoms with Gasteiger partial charge in [-0.05, 0) is 18.6 Å². The van der Waals surface area contributed by atoms with Gasteiger partial charge in [-0.3, -0.25) is 24.0 Å². The fraction of sp³-hybridized carbons (Fsp3) is 0.692. The van der Waals surface area contributed by atoms with E-state index in [1.54, 1.807) is 5.06 Å². The van der Waals surface area contributed by atoms with Crippen LogP contribution in [0.1, 0.15) is 93.2 Å². The fourth-order valence-electron chi connectivity index (χ4n) is 3.77. The van der Waals surface area contributed by atoms with E-state index in [2.05, 4.69) is 6.92 Å². The minimum atomic E-state index is -4.90. The smallest absolute Gasteiger partial charge is 1.00 e. The minimum Gasteiger partial charge on any atom is -1.00 e. The first-order valence-corrected chi connectivity index (χ1v) is 14.6. The number of hydrogen-bond acceptors (Lipinski definition) is 7. The quantitative estimate of drug-likeness (QED) is 0.0624. The van der Waals surface area contributed by atoms with Gasteiger partial charge in [0.15, 0.2) is 5.25 Å². The van der Waals surface area contributed by atoms with Crippen LogP contribution in [0.2, 0.25) is 0 Å². The molecule has 2 N–H and O–H groups in total. The van der Waals surface area contributed by atoms with Gasteiger partial charge in [0.1, 0.15) is 6.61 Å². The molecule has 1 aromatic rings. The van der Waals surface area contributed by atoms with Crippen LogP contribution in [0.4, 0.5) is 5.69 Å². The Morgan fingerprint density at radius 3 is 1.84 bits per heavy atom. The molecular formula is C26H45NNa2O8S. The van der Waals surface area contributed by atoms with Gasteiger partial charge < -0.3 is 12.7 Å². The van der Waals surface area contributed by atoms with E-state index in [4.69, 9.17) is 19.2 Å². The third-order valence-corrected chi connectivity index (χ3v) is 6.89. The summed E-state index contributed by atoms with van der Waals surface area (Å²) in [7, 11) is -4.90. The van der Waals surface area contributed by atoms with Crippen molar-refractivity contribution in [1.82, 2.24) is 0 Å². The van der Waals surface area contributed by atoms with Crippen LogP contribution in [0.3, 0.4) is 0 Å². The van der Waals surface area contributed by atoms with Gasteiger partial charge in [-0.2, -0.15) is 8.42 Å². The molecule has 0 saturated heterocycles. The van der Waals surface area contributed by atoms with Crippen LogP contribution in [-0.4, -0.2) is 55.0 Å². The molecule has 0 aromatic heterocycles. The molecule has 0 aliphatic heterocycles. The van der Waals surface area contributed by atoms with Gasteiger partial charge >= 0.3 is 71.1 Å². The maximum atomic E-state index is 12.0. The fourth-order valence-corrected chi connectivity index (χ4v) is 4.44. The monoisotopic (exact) mass is 577 g/mol. The van der Waals surface area contributed by atoms with Gasteiger partial charge in [-0.25, -0.2) is 0 Å². The zero-order valence-corrected chi connectivity index (χ0v) is 28.3. The molecular weight excluding hydrogens is 532 g/mol. The number of nitrogens with zero attached hydrogens (tertiary/aromatic N) is 1. The molecule has 0 radical (unpaired) electrons. The number of ether oxygens (including phenoxy) is 1. The predicted octanol–water partition coefficient (Wildman–Crippen LogP) is -0.367. The number of anilines is 1. The Kier molecular flexibility index (Phi) is 25.9. The van der Waals surface area contributed by atoms with Crippen molar-refractivity contribution < 1.29 is 99.2 Å². The maximum absolute atomic E-state index is 12.0. The largest absolute Gasteiger partial charge is 1.00 e. The summed E-state index contributed by atoms with van der Waals surface area (Å²) in [6.07, 6.45) is 13.8. The van der Waals surface area contributed by atoms with Gasteiger partial charge in [0, 0.05) is 0 Å². The molecule has 0 spiro atoms. The van der Waals surface area contributed by atoms with Crippen molar-refractivity contribution in [1.29, 1.82) is 0 Å². The third kappa shape index (κ3) is 19.8. The van der Waals surface area contributed by atoms with Gasteiger partial charge in [-0.15, -0.1) is 0 Å². The molecule has 0 bridgehead atoms. The third-order valence-electron chi connectivity index (χ3n) is 5.81. The second-order valence-corrected chi connectivity index (χ2v) is 10.5. The molecule has 1 atom stereocenters. The number of unbranched alkanes of at least 4 members (excludes halogenated alkanes) is 11. The summed E-state index contributed by atoms with van der Waals surface area (Å²) in [5.41, 5.74) is 0.740. The molecule has 210 valence electrons. The standard InChI is InChI=1S/C26H43NO8S.2Na.2H/c1-2-3-4-5-6-7-8-9-10-11-12-16-20-35-27(23-17-14-13-15-18-23)19-21-34-26(30)24(22-25(28)29)36(31,32)33;;;;/h13-15,17-18,24H,2-12,16,19-22H2,1H3,(H,28,29)(H,31,32,33);;;;/q;2*+1;2*-1. The Bertz CT molecular complexity index is 854. The van der Waals surface area contributed by atoms with Crippen molar-refractivity contribution >= 4 is 27.7 Å². The summed E-state index contributed by atoms with van der Waals surface area (Å²) < 4.78 is 36.7. The number of hydrogen-bond donors (Lipinski definition) is 2. The molecule has 1 unspecified atom stereocenters. The van der Waals surface area contributed by atoms with E-state index in [0.29, 0.717) is 6.61 Å². The molecule has 9 nitrogen and oxygen atoms in total. The number of hydroxylamine groups is 1. The zero-order chi connectivity index (χ0) is 26.7. The predicted molar refractivity (Wildman–Crippen MR) is 142 cm³/mol. The van der Waals surface area contributed by atoms with Gasteiger partial charge in [0.2, 0.25) is 0 Å². The van der Waals surface area contributed by atoms with Crippen LogP contribution in [0.25, 0.3) is 0 Å². The molecule has 12 heteroatoms. The van der Waals surface area contributed by atoms with E-state index in [9.17, 15) is 18.0 Å². The molecule has 0 heterocycles. The van der Waals surface area contributed by atoms with E-state index in [1.165, 1.54) is 57.8 Å². The summed E-state index contributed by atoms with van der Waals surface area (Å²) in [4.78, 5) is 28.7. The molecule has 0 aliphatic carbocycles. The number of carbonyl (C=O) groups excluding carboxylic acids is 1. The minimum absolute atomic E-state index is 0. The zero-order valence-electron chi connectivity index (χ0n) is 25.5. The summed E-state index contributed by atoms with van der Waals surface area (Å²) in [6, 6.07) is 9.19. The maximum Gasteiger partial charge on any atom is 1.00 e. The summed E-state index contributed by atoms with van der Waals surface area (Å²) in [6.45, 7) is 2.59. The molecule has 0 fully saturated rings. The molecule has 38 heavy (non-hydrogen) atoms. The topological polar surface area (TPSA) is 130 Å². The molecule has 1 aromatic carbocycles. The number of benzene rings is 1. The van der Waals surface area contributed by atoms with Crippen molar-refractivity contribution in [3.05, 3.63) is 30.3 Å². The number of rotatable bonds is 22. The average Bonchev–Trinajstić information content (AvgIpc) is 2.84. The number of carboxylic acid groups (broad SMARTS) is 1. The van der Waals surface area contributed by atoms with Crippen LogP contribution in [0.5, 0.6) is 0 Å². The number of esters is 1. The van der Waals surface area contributed by atoms with Crippen molar-refractivity contribution in [2.75, 3.05) is 24.8 Å². The van der Waals surface area contributed by atoms with E-state index in [0.717, 1.165) is 24.9 Å². The Morgan fingerprint density at radius 1 is 0.868 bits per heavy atom. The second kappa shape index (κ2) is 24.6. The van der Waals surface area contributed by atoms with Crippen LogP contribution >= 0.6 is 0 Å². The first kappa shape index (κ1) is 40.0. The van der Waals surface area contributed by atoms with Crippen LogP contribution < -0.4 is 64.2 Å². The SMILES string of the molecule is CCCCCCCCCCCCCCON(CCOC(=O)C(CC(=O)O)S(=O)(=O)O)c1ccccc1.[H-].[H-].[Na+].[Na+]. The summed E-state index contributed by atoms with van der Waals surface area (Å²) in [5.74, 6) is -2.85. The molecule has 0 amide bonds. The number of carboxylic acids is 1. The molecule has 0 aliphatic rings. The van der Waals surface area contributed by atoms with Crippen LogP contribution in [0, 0.1) is 0 Å². The van der Waals surface area contributed by atoms with Crippen molar-refractivity contribution in [2.24, 2.45) is 0 Å². The Hall–Kier alpha value is -0.170. The number of carbonyl (C=O) groups is 2. The van der Waals surface area contributed by atoms with E-state index < -0.39 is 33.7 Å². The van der Waals surface area contributed by atoms with Crippen LogP contribution in [0.15, 0.2) is 30.3 Å². The van der Waals surface area contributed by atoms with Crippen molar-refractivity contribution in [3.63, 3.8) is 0 Å². The van der Waals surface area contributed by atoms with Gasteiger partial charge in [-0.1, -0.05) is 95.8 Å².